The van der Waals surface area contributed by atoms with Crippen LogP contribution in [0.3, 0.4) is 0 Å². The second-order valence-corrected chi connectivity index (χ2v) is 5.25. The Kier molecular flexibility index (Phi) is 4.67. The van der Waals surface area contributed by atoms with Crippen LogP contribution >= 0.6 is 23.2 Å². The van der Waals surface area contributed by atoms with Gasteiger partial charge in [-0.3, -0.25) is 0 Å². The van der Waals surface area contributed by atoms with E-state index in [1.54, 1.807) is 6.20 Å². The minimum atomic E-state index is 0.166. The molecule has 0 spiro atoms. The molecule has 1 atom stereocenters. The van der Waals surface area contributed by atoms with Crippen LogP contribution in [0.1, 0.15) is 30.5 Å². The van der Waals surface area contributed by atoms with Crippen molar-refractivity contribution in [2.24, 2.45) is 0 Å². The van der Waals surface area contributed by atoms with E-state index in [-0.39, 0.29) is 6.04 Å². The maximum atomic E-state index is 6.15. The Balaban J connectivity index is 2.29. The van der Waals surface area contributed by atoms with Gasteiger partial charge in [0.1, 0.15) is 0 Å². The topological polar surface area (TPSA) is 24.9 Å². The first-order chi connectivity index (χ1) is 9.11. The van der Waals surface area contributed by atoms with Crippen LogP contribution in [0.25, 0.3) is 0 Å². The number of hydrogen-bond acceptors (Lipinski definition) is 2. The van der Waals surface area contributed by atoms with Gasteiger partial charge < -0.3 is 5.32 Å². The average molecular weight is 295 g/mol. The molecular formula is C15H16Cl2N2. The quantitative estimate of drug-likeness (QED) is 0.778. The fourth-order valence-corrected chi connectivity index (χ4v) is 2.48. The third kappa shape index (κ3) is 3.40. The average Bonchev–Trinajstić information content (AvgIpc) is 2.38. The minimum Gasteiger partial charge on any atom is -0.376 e. The lowest BCUT2D eigenvalue weighted by molar-refractivity contribution is 0.748. The molecule has 4 heteroatoms. The van der Waals surface area contributed by atoms with Crippen molar-refractivity contribution in [3.8, 4) is 0 Å². The number of aryl methyl sites for hydroxylation is 1. The number of aromatic nitrogens is 1. The highest BCUT2D eigenvalue weighted by Gasteiger charge is 2.13. The molecule has 0 aliphatic rings. The minimum absolute atomic E-state index is 0.166. The van der Waals surface area contributed by atoms with Crippen molar-refractivity contribution in [3.05, 3.63) is 57.8 Å². The smallest absolute Gasteiger partial charge is 0.152 e. The monoisotopic (exact) mass is 294 g/mol. The van der Waals surface area contributed by atoms with Gasteiger partial charge in [-0.2, -0.15) is 0 Å². The third-order valence-corrected chi connectivity index (χ3v) is 3.61. The number of nitrogens with one attached hydrogen (secondary N) is 1. The molecule has 19 heavy (non-hydrogen) atoms. The molecule has 100 valence electrons. The normalized spacial score (nSPS) is 12.2. The summed E-state index contributed by atoms with van der Waals surface area (Å²) in [6.45, 7) is 4.14. The molecule has 0 radical (unpaired) electrons. The van der Waals surface area contributed by atoms with Gasteiger partial charge in [-0.15, -0.1) is 0 Å². The lowest BCUT2D eigenvalue weighted by Crippen LogP contribution is -2.11. The summed E-state index contributed by atoms with van der Waals surface area (Å²) < 4.78 is 0. The first-order valence-electron chi connectivity index (χ1n) is 6.25. The molecule has 1 heterocycles. The molecular weight excluding hydrogens is 279 g/mol. The van der Waals surface area contributed by atoms with Gasteiger partial charge in [-0.05, 0) is 42.7 Å². The van der Waals surface area contributed by atoms with E-state index >= 15 is 0 Å². The third-order valence-electron chi connectivity index (χ3n) is 3.09. The maximum absolute atomic E-state index is 6.15. The van der Waals surface area contributed by atoms with Crippen molar-refractivity contribution in [1.29, 1.82) is 0 Å². The van der Waals surface area contributed by atoms with E-state index in [2.05, 4.69) is 23.3 Å². The standard InChI is InChI=1S/C15H16Cl2N2/c1-3-13(11-5-4-6-12(16)9-11)19-14-10(2)7-8-18-15(14)17/h4-9,13,19H,3H2,1-2H3. The molecule has 1 N–H and O–H groups in total. The van der Waals surface area contributed by atoms with Gasteiger partial charge in [0.25, 0.3) is 0 Å². The van der Waals surface area contributed by atoms with Gasteiger partial charge >= 0.3 is 0 Å². The Hall–Kier alpha value is -1.25. The molecule has 0 aliphatic carbocycles. The summed E-state index contributed by atoms with van der Waals surface area (Å²) in [4.78, 5) is 4.12. The van der Waals surface area contributed by atoms with Gasteiger partial charge in [0.2, 0.25) is 0 Å². The summed E-state index contributed by atoms with van der Waals surface area (Å²) in [6.07, 6.45) is 2.65. The Morgan fingerprint density at radius 3 is 2.68 bits per heavy atom. The Morgan fingerprint density at radius 2 is 2.05 bits per heavy atom. The lowest BCUT2D eigenvalue weighted by atomic mass is 10.0. The summed E-state index contributed by atoms with van der Waals surface area (Å²) >= 11 is 12.2. The number of halogens is 2. The molecule has 2 aromatic rings. The molecule has 1 unspecified atom stereocenters. The largest absolute Gasteiger partial charge is 0.376 e. The number of hydrogen-bond donors (Lipinski definition) is 1. The number of rotatable bonds is 4. The SMILES string of the molecule is CCC(Nc1c(C)ccnc1Cl)c1cccc(Cl)c1. The Morgan fingerprint density at radius 1 is 1.26 bits per heavy atom. The van der Waals surface area contributed by atoms with Crippen molar-refractivity contribution in [1.82, 2.24) is 4.98 Å². The van der Waals surface area contributed by atoms with Crippen LogP contribution in [0.5, 0.6) is 0 Å². The number of benzene rings is 1. The highest BCUT2D eigenvalue weighted by molar-refractivity contribution is 6.32. The van der Waals surface area contributed by atoms with Crippen molar-refractivity contribution in [3.63, 3.8) is 0 Å². The summed E-state index contributed by atoms with van der Waals surface area (Å²) in [5.41, 5.74) is 3.12. The van der Waals surface area contributed by atoms with Gasteiger partial charge in [0.05, 0.1) is 11.7 Å². The highest BCUT2D eigenvalue weighted by Crippen LogP contribution is 2.30. The van der Waals surface area contributed by atoms with Crippen LogP contribution in [0.15, 0.2) is 36.5 Å². The molecule has 2 nitrogen and oxygen atoms in total. The summed E-state index contributed by atoms with van der Waals surface area (Å²) in [7, 11) is 0. The van der Waals surface area contributed by atoms with Crippen LogP contribution in [-0.4, -0.2) is 4.98 Å². The van der Waals surface area contributed by atoms with Gasteiger partial charge in [0.15, 0.2) is 5.15 Å². The van der Waals surface area contributed by atoms with Gasteiger partial charge in [-0.1, -0.05) is 42.3 Å². The van der Waals surface area contributed by atoms with E-state index in [4.69, 9.17) is 23.2 Å². The van der Waals surface area contributed by atoms with E-state index in [9.17, 15) is 0 Å². The zero-order chi connectivity index (χ0) is 13.8. The number of nitrogens with zero attached hydrogens (tertiary/aromatic N) is 1. The van der Waals surface area contributed by atoms with E-state index in [0.717, 1.165) is 28.3 Å². The number of anilines is 1. The second kappa shape index (κ2) is 6.27. The van der Waals surface area contributed by atoms with E-state index in [1.165, 1.54) is 0 Å². The van der Waals surface area contributed by atoms with Crippen LogP contribution in [-0.2, 0) is 0 Å². The van der Waals surface area contributed by atoms with E-state index < -0.39 is 0 Å². The lowest BCUT2D eigenvalue weighted by Gasteiger charge is -2.20. The van der Waals surface area contributed by atoms with Crippen molar-refractivity contribution in [2.45, 2.75) is 26.3 Å². The predicted octanol–water partition coefficient (Wildman–Crippen LogP) is 5.26. The van der Waals surface area contributed by atoms with Gasteiger partial charge in [0, 0.05) is 11.2 Å². The predicted molar refractivity (Wildman–Crippen MR) is 82.1 cm³/mol. The van der Waals surface area contributed by atoms with Gasteiger partial charge in [-0.25, -0.2) is 4.98 Å². The summed E-state index contributed by atoms with van der Waals surface area (Å²) in [5, 5.41) is 4.70. The molecule has 0 fully saturated rings. The zero-order valence-corrected chi connectivity index (χ0v) is 12.5. The first kappa shape index (κ1) is 14.2. The second-order valence-electron chi connectivity index (χ2n) is 4.45. The molecule has 1 aromatic carbocycles. The van der Waals surface area contributed by atoms with E-state index in [0.29, 0.717) is 5.15 Å². The molecule has 0 amide bonds. The van der Waals surface area contributed by atoms with Crippen LogP contribution < -0.4 is 5.32 Å². The molecule has 1 aromatic heterocycles. The first-order valence-corrected chi connectivity index (χ1v) is 7.00. The Bertz CT molecular complexity index is 550. The van der Waals surface area contributed by atoms with E-state index in [1.807, 2.05) is 31.2 Å². The zero-order valence-electron chi connectivity index (χ0n) is 11.0. The van der Waals surface area contributed by atoms with Crippen molar-refractivity contribution in [2.75, 3.05) is 5.32 Å². The summed E-state index contributed by atoms with van der Waals surface area (Å²) in [5.74, 6) is 0. The highest BCUT2D eigenvalue weighted by atomic mass is 35.5. The fraction of sp³-hybridized carbons (Fsp3) is 0.267. The molecule has 0 bridgehead atoms. The van der Waals surface area contributed by atoms with Crippen LogP contribution in [0.4, 0.5) is 5.69 Å². The molecule has 0 saturated carbocycles. The summed E-state index contributed by atoms with van der Waals surface area (Å²) in [6, 6.07) is 9.98. The van der Waals surface area contributed by atoms with Crippen molar-refractivity contribution >= 4 is 28.9 Å². The fourth-order valence-electron chi connectivity index (χ4n) is 2.02. The Labute approximate surface area is 123 Å². The molecule has 0 saturated heterocycles. The molecule has 2 rings (SSSR count). The van der Waals surface area contributed by atoms with Crippen molar-refractivity contribution < 1.29 is 0 Å². The maximum Gasteiger partial charge on any atom is 0.152 e. The van der Waals surface area contributed by atoms with Crippen LogP contribution in [0, 0.1) is 6.92 Å². The number of pyridine rings is 1. The molecule has 0 aliphatic heterocycles. The van der Waals surface area contributed by atoms with Crippen LogP contribution in [0.2, 0.25) is 10.2 Å².